The Morgan fingerprint density at radius 2 is 1.89 bits per heavy atom. The Kier molecular flexibility index (Phi) is 4.24. The van der Waals surface area contributed by atoms with Gasteiger partial charge in [-0.2, -0.15) is 0 Å². The number of benzene rings is 1. The topological polar surface area (TPSA) is 41.1 Å². The second kappa shape index (κ2) is 5.89. The summed E-state index contributed by atoms with van der Waals surface area (Å²) in [5.74, 6) is 0. The Morgan fingerprint density at radius 3 is 2.61 bits per heavy atom. The molecule has 0 unspecified atom stereocenters. The van der Waals surface area contributed by atoms with Gasteiger partial charge in [0.15, 0.2) is 0 Å². The Bertz CT molecular complexity index is 423. The van der Waals surface area contributed by atoms with Gasteiger partial charge in [0.05, 0.1) is 0 Å². The summed E-state index contributed by atoms with van der Waals surface area (Å²) in [5, 5.41) is 6.01. The summed E-state index contributed by atoms with van der Waals surface area (Å²) in [6.07, 6.45) is 5.99. The molecule has 2 amide bonds. The second-order valence-corrected chi connectivity index (χ2v) is 5.25. The highest BCUT2D eigenvalue weighted by molar-refractivity contribution is 5.90. The highest BCUT2D eigenvalue weighted by Crippen LogP contribution is 2.19. The van der Waals surface area contributed by atoms with Gasteiger partial charge in [-0.15, -0.1) is 0 Å². The molecule has 1 fully saturated rings. The van der Waals surface area contributed by atoms with Crippen LogP contribution in [0.5, 0.6) is 0 Å². The number of amides is 2. The van der Waals surface area contributed by atoms with Crippen molar-refractivity contribution in [2.45, 2.75) is 52.0 Å². The maximum atomic E-state index is 11.9. The lowest BCUT2D eigenvalue weighted by Gasteiger charge is -2.23. The molecule has 0 heterocycles. The molecule has 1 saturated carbocycles. The molecular formula is C15H22N2O. The van der Waals surface area contributed by atoms with Gasteiger partial charge in [-0.3, -0.25) is 0 Å². The molecule has 1 aromatic carbocycles. The number of carbonyl (C=O) groups excluding carboxylic acids is 1. The molecule has 0 radical (unpaired) electrons. The van der Waals surface area contributed by atoms with E-state index in [0.717, 1.165) is 29.7 Å². The van der Waals surface area contributed by atoms with E-state index < -0.39 is 0 Å². The fourth-order valence-electron chi connectivity index (χ4n) is 2.46. The summed E-state index contributed by atoms with van der Waals surface area (Å²) in [7, 11) is 0. The van der Waals surface area contributed by atoms with Crippen molar-refractivity contribution in [3.8, 4) is 0 Å². The molecule has 0 aliphatic heterocycles. The maximum Gasteiger partial charge on any atom is 0.319 e. The standard InChI is InChI=1S/C15H22N2O/c1-11-8-9-12(2)14(10-11)17-15(18)16-13-6-4-3-5-7-13/h8-10,13H,3-7H2,1-2H3,(H2,16,17,18). The first-order valence-corrected chi connectivity index (χ1v) is 6.80. The Balaban J connectivity index is 1.92. The first kappa shape index (κ1) is 12.9. The number of hydrogen-bond donors (Lipinski definition) is 2. The summed E-state index contributed by atoms with van der Waals surface area (Å²) in [6.45, 7) is 4.04. The van der Waals surface area contributed by atoms with E-state index in [2.05, 4.69) is 16.7 Å². The van der Waals surface area contributed by atoms with E-state index in [1.807, 2.05) is 26.0 Å². The Morgan fingerprint density at radius 1 is 1.17 bits per heavy atom. The Labute approximate surface area is 109 Å². The number of hydrogen-bond acceptors (Lipinski definition) is 1. The van der Waals surface area contributed by atoms with Gasteiger partial charge < -0.3 is 10.6 Å². The quantitative estimate of drug-likeness (QED) is 0.819. The number of anilines is 1. The zero-order valence-corrected chi connectivity index (χ0v) is 11.3. The van der Waals surface area contributed by atoms with Gasteiger partial charge in [0, 0.05) is 11.7 Å². The van der Waals surface area contributed by atoms with Gasteiger partial charge in [0.1, 0.15) is 0 Å². The molecule has 1 aromatic rings. The van der Waals surface area contributed by atoms with Crippen LogP contribution in [0.2, 0.25) is 0 Å². The molecule has 0 saturated heterocycles. The SMILES string of the molecule is Cc1ccc(C)c(NC(=O)NC2CCCCC2)c1. The van der Waals surface area contributed by atoms with Gasteiger partial charge in [-0.1, -0.05) is 31.4 Å². The van der Waals surface area contributed by atoms with Crippen molar-refractivity contribution in [2.24, 2.45) is 0 Å². The third kappa shape index (κ3) is 3.49. The van der Waals surface area contributed by atoms with Gasteiger partial charge in [-0.25, -0.2) is 4.79 Å². The number of urea groups is 1. The highest BCUT2D eigenvalue weighted by atomic mass is 16.2. The van der Waals surface area contributed by atoms with Crippen LogP contribution in [0, 0.1) is 13.8 Å². The van der Waals surface area contributed by atoms with Crippen molar-refractivity contribution in [3.05, 3.63) is 29.3 Å². The first-order chi connectivity index (χ1) is 8.65. The molecule has 98 valence electrons. The zero-order chi connectivity index (χ0) is 13.0. The lowest BCUT2D eigenvalue weighted by atomic mass is 9.96. The highest BCUT2D eigenvalue weighted by Gasteiger charge is 2.15. The summed E-state index contributed by atoms with van der Waals surface area (Å²) < 4.78 is 0. The molecule has 3 heteroatoms. The molecule has 0 aromatic heterocycles. The average molecular weight is 246 g/mol. The van der Waals surface area contributed by atoms with E-state index in [0.29, 0.717) is 6.04 Å². The van der Waals surface area contributed by atoms with Crippen molar-refractivity contribution in [2.75, 3.05) is 5.32 Å². The zero-order valence-electron chi connectivity index (χ0n) is 11.3. The van der Waals surface area contributed by atoms with Crippen molar-refractivity contribution < 1.29 is 4.79 Å². The fourth-order valence-corrected chi connectivity index (χ4v) is 2.46. The predicted octanol–water partition coefficient (Wildman–Crippen LogP) is 3.76. The van der Waals surface area contributed by atoms with Crippen molar-refractivity contribution in [3.63, 3.8) is 0 Å². The molecule has 0 spiro atoms. The molecule has 2 N–H and O–H groups in total. The Hall–Kier alpha value is -1.51. The predicted molar refractivity (Wildman–Crippen MR) is 74.9 cm³/mol. The molecule has 0 bridgehead atoms. The van der Waals surface area contributed by atoms with Gasteiger partial charge in [0.2, 0.25) is 0 Å². The average Bonchev–Trinajstić information content (AvgIpc) is 2.35. The number of rotatable bonds is 2. The minimum atomic E-state index is -0.0735. The van der Waals surface area contributed by atoms with Crippen LogP contribution in [-0.4, -0.2) is 12.1 Å². The smallest absolute Gasteiger partial charge is 0.319 e. The van der Waals surface area contributed by atoms with Crippen LogP contribution in [0.25, 0.3) is 0 Å². The second-order valence-electron chi connectivity index (χ2n) is 5.25. The van der Waals surface area contributed by atoms with Crippen LogP contribution in [0.1, 0.15) is 43.2 Å². The van der Waals surface area contributed by atoms with Gasteiger partial charge in [-0.05, 0) is 43.9 Å². The van der Waals surface area contributed by atoms with Crippen LogP contribution < -0.4 is 10.6 Å². The van der Waals surface area contributed by atoms with Crippen LogP contribution in [0.15, 0.2) is 18.2 Å². The molecular weight excluding hydrogens is 224 g/mol. The minimum Gasteiger partial charge on any atom is -0.335 e. The van der Waals surface area contributed by atoms with Crippen LogP contribution in [0.4, 0.5) is 10.5 Å². The van der Waals surface area contributed by atoms with Crippen molar-refractivity contribution in [1.29, 1.82) is 0 Å². The van der Waals surface area contributed by atoms with Gasteiger partial charge >= 0.3 is 6.03 Å². The van der Waals surface area contributed by atoms with E-state index in [1.54, 1.807) is 0 Å². The summed E-state index contributed by atoms with van der Waals surface area (Å²) in [6, 6.07) is 6.38. The summed E-state index contributed by atoms with van der Waals surface area (Å²) in [5.41, 5.74) is 3.16. The van der Waals surface area contributed by atoms with E-state index in [4.69, 9.17) is 0 Å². The maximum absolute atomic E-state index is 11.9. The van der Waals surface area contributed by atoms with Crippen molar-refractivity contribution >= 4 is 11.7 Å². The molecule has 18 heavy (non-hydrogen) atoms. The number of nitrogens with one attached hydrogen (secondary N) is 2. The molecule has 1 aliphatic rings. The first-order valence-electron chi connectivity index (χ1n) is 6.80. The number of carbonyl (C=O) groups is 1. The minimum absolute atomic E-state index is 0.0735. The monoisotopic (exact) mass is 246 g/mol. The third-order valence-corrected chi connectivity index (χ3v) is 3.58. The van der Waals surface area contributed by atoms with Crippen LogP contribution in [0.3, 0.4) is 0 Å². The largest absolute Gasteiger partial charge is 0.335 e. The normalized spacial score (nSPS) is 16.3. The lowest BCUT2D eigenvalue weighted by molar-refractivity contribution is 0.244. The third-order valence-electron chi connectivity index (χ3n) is 3.58. The van der Waals surface area contributed by atoms with E-state index in [9.17, 15) is 4.79 Å². The van der Waals surface area contributed by atoms with Crippen LogP contribution >= 0.6 is 0 Å². The fraction of sp³-hybridized carbons (Fsp3) is 0.533. The number of aryl methyl sites for hydroxylation is 2. The van der Waals surface area contributed by atoms with Crippen molar-refractivity contribution in [1.82, 2.24) is 5.32 Å². The van der Waals surface area contributed by atoms with E-state index in [1.165, 1.54) is 19.3 Å². The molecule has 0 atom stereocenters. The molecule has 2 rings (SSSR count). The lowest BCUT2D eigenvalue weighted by Crippen LogP contribution is -2.39. The molecule has 3 nitrogen and oxygen atoms in total. The summed E-state index contributed by atoms with van der Waals surface area (Å²) in [4.78, 5) is 11.9. The molecule has 1 aliphatic carbocycles. The van der Waals surface area contributed by atoms with E-state index in [-0.39, 0.29) is 6.03 Å². The summed E-state index contributed by atoms with van der Waals surface area (Å²) >= 11 is 0. The van der Waals surface area contributed by atoms with Crippen LogP contribution in [-0.2, 0) is 0 Å². The van der Waals surface area contributed by atoms with Gasteiger partial charge in [0.25, 0.3) is 0 Å². The van der Waals surface area contributed by atoms with E-state index >= 15 is 0 Å².